The Bertz CT molecular complexity index is 479. The third-order valence-electron chi connectivity index (χ3n) is 2.69. The Morgan fingerprint density at radius 1 is 1.47 bits per heavy atom. The molecule has 1 rings (SSSR count). The van der Waals surface area contributed by atoms with Crippen molar-refractivity contribution in [1.82, 2.24) is 10.3 Å². The summed E-state index contributed by atoms with van der Waals surface area (Å²) < 4.78 is 0. The summed E-state index contributed by atoms with van der Waals surface area (Å²) in [5.74, 6) is -1.35. The zero-order valence-electron chi connectivity index (χ0n) is 11.4. The molecular weight excluding hydrogens is 266 g/mol. The fourth-order valence-corrected chi connectivity index (χ4v) is 2.14. The summed E-state index contributed by atoms with van der Waals surface area (Å²) >= 11 is 1.20. The standard InChI is InChI=1S/C12H19N3O3S/c1-6(10-15-7(5-19-10)11(17)18)14-9(16)8(13)12(2,3)4/h5-6,8H,13H2,1-4H3,(H,14,16)(H,17,18)/t6?,8-/m1/s1. The van der Waals surface area contributed by atoms with Crippen LogP contribution in [0.4, 0.5) is 0 Å². The summed E-state index contributed by atoms with van der Waals surface area (Å²) in [6.07, 6.45) is 0. The number of aromatic nitrogens is 1. The number of hydrogen-bond acceptors (Lipinski definition) is 5. The molecule has 19 heavy (non-hydrogen) atoms. The summed E-state index contributed by atoms with van der Waals surface area (Å²) in [7, 11) is 0. The molecule has 0 fully saturated rings. The van der Waals surface area contributed by atoms with Gasteiger partial charge in [0.05, 0.1) is 12.1 Å². The van der Waals surface area contributed by atoms with Crippen molar-refractivity contribution in [2.45, 2.75) is 39.8 Å². The van der Waals surface area contributed by atoms with E-state index in [2.05, 4.69) is 10.3 Å². The van der Waals surface area contributed by atoms with Crippen LogP contribution in [-0.4, -0.2) is 28.0 Å². The van der Waals surface area contributed by atoms with Gasteiger partial charge in [-0.1, -0.05) is 20.8 Å². The monoisotopic (exact) mass is 285 g/mol. The van der Waals surface area contributed by atoms with E-state index in [0.29, 0.717) is 5.01 Å². The van der Waals surface area contributed by atoms with Gasteiger partial charge in [-0.15, -0.1) is 11.3 Å². The van der Waals surface area contributed by atoms with E-state index in [1.54, 1.807) is 6.92 Å². The van der Waals surface area contributed by atoms with E-state index in [1.165, 1.54) is 16.7 Å². The molecule has 1 aromatic heterocycles. The van der Waals surface area contributed by atoms with Gasteiger partial charge in [0.25, 0.3) is 0 Å². The Kier molecular flexibility index (Phi) is 4.65. The molecule has 1 aromatic rings. The molecule has 1 unspecified atom stereocenters. The molecule has 0 spiro atoms. The number of nitrogens with one attached hydrogen (secondary N) is 1. The normalized spacial score (nSPS) is 14.8. The minimum atomic E-state index is -1.08. The minimum absolute atomic E-state index is 0.0128. The van der Waals surface area contributed by atoms with Crippen LogP contribution in [0.25, 0.3) is 0 Å². The van der Waals surface area contributed by atoms with Crippen LogP contribution >= 0.6 is 11.3 Å². The zero-order valence-corrected chi connectivity index (χ0v) is 12.2. The van der Waals surface area contributed by atoms with Gasteiger partial charge < -0.3 is 16.2 Å². The van der Waals surface area contributed by atoms with E-state index >= 15 is 0 Å². The van der Waals surface area contributed by atoms with Crippen LogP contribution in [0.3, 0.4) is 0 Å². The van der Waals surface area contributed by atoms with Crippen molar-refractivity contribution in [3.05, 3.63) is 16.1 Å². The van der Waals surface area contributed by atoms with Gasteiger partial charge in [0.2, 0.25) is 5.91 Å². The van der Waals surface area contributed by atoms with Gasteiger partial charge in [-0.2, -0.15) is 0 Å². The van der Waals surface area contributed by atoms with Crippen molar-refractivity contribution >= 4 is 23.2 Å². The number of carboxylic acids is 1. The molecule has 0 saturated heterocycles. The van der Waals surface area contributed by atoms with Crippen molar-refractivity contribution in [3.63, 3.8) is 0 Å². The number of carbonyl (C=O) groups excluding carboxylic acids is 1. The van der Waals surface area contributed by atoms with Crippen LogP contribution in [0.1, 0.15) is 49.2 Å². The highest BCUT2D eigenvalue weighted by Crippen LogP contribution is 2.21. The molecule has 0 aromatic carbocycles. The van der Waals surface area contributed by atoms with Gasteiger partial charge in [0.15, 0.2) is 5.69 Å². The highest BCUT2D eigenvalue weighted by atomic mass is 32.1. The molecule has 1 heterocycles. The van der Waals surface area contributed by atoms with Gasteiger partial charge >= 0.3 is 5.97 Å². The first kappa shape index (κ1) is 15.6. The first-order valence-corrected chi connectivity index (χ1v) is 6.75. The second-order valence-corrected chi connectivity index (χ2v) is 6.34. The second-order valence-electron chi connectivity index (χ2n) is 5.45. The molecule has 0 aliphatic rings. The summed E-state index contributed by atoms with van der Waals surface area (Å²) in [5, 5.41) is 13.5. The maximum absolute atomic E-state index is 11.9. The number of hydrogen-bond donors (Lipinski definition) is 3. The minimum Gasteiger partial charge on any atom is -0.476 e. The van der Waals surface area contributed by atoms with Gasteiger partial charge in [-0.05, 0) is 12.3 Å². The lowest BCUT2D eigenvalue weighted by Gasteiger charge is -2.27. The zero-order chi connectivity index (χ0) is 14.8. The highest BCUT2D eigenvalue weighted by molar-refractivity contribution is 7.09. The lowest BCUT2D eigenvalue weighted by molar-refractivity contribution is -0.125. The summed E-state index contributed by atoms with van der Waals surface area (Å²) in [5.41, 5.74) is 5.50. The number of rotatable bonds is 4. The topological polar surface area (TPSA) is 105 Å². The maximum Gasteiger partial charge on any atom is 0.355 e. The first-order valence-electron chi connectivity index (χ1n) is 5.87. The molecule has 0 bridgehead atoms. The van der Waals surface area contributed by atoms with Crippen molar-refractivity contribution in [2.24, 2.45) is 11.1 Å². The average molecular weight is 285 g/mol. The van der Waals surface area contributed by atoms with Gasteiger partial charge in [-0.3, -0.25) is 4.79 Å². The predicted molar refractivity (Wildman–Crippen MR) is 73.1 cm³/mol. The van der Waals surface area contributed by atoms with Crippen molar-refractivity contribution in [2.75, 3.05) is 0 Å². The molecule has 106 valence electrons. The molecule has 4 N–H and O–H groups in total. The van der Waals surface area contributed by atoms with Crippen LogP contribution in [0.5, 0.6) is 0 Å². The van der Waals surface area contributed by atoms with Crippen molar-refractivity contribution < 1.29 is 14.7 Å². The Morgan fingerprint density at radius 2 is 2.05 bits per heavy atom. The van der Waals surface area contributed by atoms with Gasteiger partial charge in [0.1, 0.15) is 5.01 Å². The quantitative estimate of drug-likeness (QED) is 0.775. The highest BCUT2D eigenvalue weighted by Gasteiger charge is 2.28. The average Bonchev–Trinajstić information content (AvgIpc) is 2.75. The van der Waals surface area contributed by atoms with Gasteiger partial charge in [0, 0.05) is 5.38 Å². The van der Waals surface area contributed by atoms with Crippen molar-refractivity contribution in [3.8, 4) is 0 Å². The summed E-state index contributed by atoms with van der Waals surface area (Å²) in [6.45, 7) is 7.40. The molecule has 2 atom stereocenters. The third-order valence-corrected chi connectivity index (χ3v) is 3.71. The van der Waals surface area contributed by atoms with E-state index < -0.39 is 12.0 Å². The number of amides is 1. The molecule has 0 aliphatic carbocycles. The fraction of sp³-hybridized carbons (Fsp3) is 0.583. The Balaban J connectivity index is 2.71. The number of nitrogens with two attached hydrogens (primary N) is 1. The van der Waals surface area contributed by atoms with E-state index in [9.17, 15) is 9.59 Å². The molecule has 1 amide bonds. The van der Waals surface area contributed by atoms with E-state index in [-0.39, 0.29) is 23.1 Å². The SMILES string of the molecule is CC(NC(=O)[C@@H](N)C(C)(C)C)c1nc(C(=O)O)cs1. The number of carboxylic acid groups (broad SMARTS) is 1. The third kappa shape index (κ3) is 4.00. The molecule has 6 nitrogen and oxygen atoms in total. The molecular formula is C12H19N3O3S. The van der Waals surface area contributed by atoms with Gasteiger partial charge in [-0.25, -0.2) is 9.78 Å². The summed E-state index contributed by atoms with van der Waals surface area (Å²) in [6, 6.07) is -0.993. The Morgan fingerprint density at radius 3 is 2.47 bits per heavy atom. The van der Waals surface area contributed by atoms with Crippen LogP contribution in [-0.2, 0) is 4.79 Å². The van der Waals surface area contributed by atoms with E-state index in [0.717, 1.165) is 0 Å². The van der Waals surface area contributed by atoms with Crippen LogP contribution in [0.15, 0.2) is 5.38 Å². The summed E-state index contributed by atoms with van der Waals surface area (Å²) in [4.78, 5) is 26.6. The second kappa shape index (κ2) is 5.66. The molecule has 0 aliphatic heterocycles. The number of carbonyl (C=O) groups is 2. The predicted octanol–water partition coefficient (Wildman–Crippen LogP) is 1.39. The lowest BCUT2D eigenvalue weighted by atomic mass is 9.87. The smallest absolute Gasteiger partial charge is 0.355 e. The largest absolute Gasteiger partial charge is 0.476 e. The fourth-order valence-electron chi connectivity index (χ4n) is 1.34. The number of thiazole rings is 1. The van der Waals surface area contributed by atoms with E-state index in [4.69, 9.17) is 10.8 Å². The maximum atomic E-state index is 11.9. The van der Waals surface area contributed by atoms with Crippen LogP contribution < -0.4 is 11.1 Å². The Hall–Kier alpha value is -1.47. The molecule has 0 radical (unpaired) electrons. The molecule has 0 saturated carbocycles. The lowest BCUT2D eigenvalue weighted by Crippen LogP contribution is -2.49. The van der Waals surface area contributed by atoms with Crippen molar-refractivity contribution in [1.29, 1.82) is 0 Å². The van der Waals surface area contributed by atoms with Crippen LogP contribution in [0.2, 0.25) is 0 Å². The Labute approximate surface area is 116 Å². The number of aromatic carboxylic acids is 1. The van der Waals surface area contributed by atoms with Crippen LogP contribution in [0, 0.1) is 5.41 Å². The van der Waals surface area contributed by atoms with E-state index in [1.807, 2.05) is 20.8 Å². The number of nitrogens with zero attached hydrogens (tertiary/aromatic N) is 1. The first-order chi connectivity index (χ1) is 8.62. The molecule has 7 heteroatoms.